The summed E-state index contributed by atoms with van der Waals surface area (Å²) in [4.78, 5) is 0. The molecule has 2 aromatic carbocycles. The van der Waals surface area contributed by atoms with Crippen molar-refractivity contribution >= 4 is 13.2 Å². The maximum Gasteiger partial charge on any atom is 0.127 e. The van der Waals surface area contributed by atoms with Crippen LogP contribution in [0.2, 0.25) is 0 Å². The highest BCUT2D eigenvalue weighted by molar-refractivity contribution is 7.66. The van der Waals surface area contributed by atoms with Gasteiger partial charge in [0.15, 0.2) is 0 Å². The van der Waals surface area contributed by atoms with Gasteiger partial charge in [0.2, 0.25) is 0 Å². The Morgan fingerprint density at radius 2 is 1.52 bits per heavy atom. The molecule has 23 heavy (non-hydrogen) atoms. The van der Waals surface area contributed by atoms with E-state index in [1.54, 1.807) is 0 Å². The maximum absolute atomic E-state index is 6.10. The van der Waals surface area contributed by atoms with E-state index in [4.69, 9.17) is 9.47 Å². The van der Waals surface area contributed by atoms with Crippen molar-refractivity contribution in [3.63, 3.8) is 0 Å². The van der Waals surface area contributed by atoms with Crippen LogP contribution in [-0.4, -0.2) is 25.0 Å². The standard InChI is InChI=1S/C20H25O2P/c1-20(2,3)23(4)18-12-7-11-17-19(18)15-9-5-6-10-16(15)21-13-8-14-22-17/h5-7,9-12H,8,13-14H2,1-4H3. The lowest BCUT2D eigenvalue weighted by molar-refractivity contribution is 0.252. The molecule has 1 unspecified atom stereocenters. The smallest absolute Gasteiger partial charge is 0.127 e. The second kappa shape index (κ2) is 6.53. The number of hydrogen-bond acceptors (Lipinski definition) is 2. The predicted octanol–water partition coefficient (Wildman–Crippen LogP) is 5.05. The number of fused-ring (bicyclic) bond motifs is 3. The SMILES string of the molecule is CP(c1cccc2c1-c1ccccc1OCCCO2)C(C)(C)C. The van der Waals surface area contributed by atoms with Crippen molar-refractivity contribution < 1.29 is 9.47 Å². The summed E-state index contributed by atoms with van der Waals surface area (Å²) in [6, 6.07) is 14.8. The van der Waals surface area contributed by atoms with Gasteiger partial charge in [0.05, 0.1) is 13.2 Å². The molecule has 0 aliphatic carbocycles. The van der Waals surface area contributed by atoms with Crippen molar-refractivity contribution in [2.45, 2.75) is 32.3 Å². The fraction of sp³-hybridized carbons (Fsp3) is 0.400. The van der Waals surface area contributed by atoms with E-state index in [1.165, 1.54) is 10.9 Å². The molecule has 0 radical (unpaired) electrons. The Hall–Kier alpha value is -1.53. The zero-order chi connectivity index (χ0) is 16.4. The second-order valence-electron chi connectivity index (χ2n) is 6.93. The van der Waals surface area contributed by atoms with E-state index < -0.39 is 0 Å². The Balaban J connectivity index is 2.24. The van der Waals surface area contributed by atoms with Crippen molar-refractivity contribution in [2.24, 2.45) is 0 Å². The molecule has 0 saturated heterocycles. The van der Waals surface area contributed by atoms with Gasteiger partial charge in [-0.2, -0.15) is 0 Å². The van der Waals surface area contributed by atoms with E-state index in [2.05, 4.69) is 63.8 Å². The zero-order valence-corrected chi connectivity index (χ0v) is 15.3. The van der Waals surface area contributed by atoms with Crippen LogP contribution in [0.15, 0.2) is 42.5 Å². The molecule has 0 fully saturated rings. The third kappa shape index (κ3) is 3.38. The average molecular weight is 328 g/mol. The van der Waals surface area contributed by atoms with E-state index in [1.807, 2.05) is 6.07 Å². The summed E-state index contributed by atoms with van der Waals surface area (Å²) < 4.78 is 12.1. The molecule has 122 valence electrons. The minimum atomic E-state index is -0.321. The molecule has 0 N–H and O–H groups in total. The number of ether oxygens (including phenoxy) is 2. The third-order valence-corrected chi connectivity index (χ3v) is 7.44. The van der Waals surface area contributed by atoms with Crippen LogP contribution >= 0.6 is 7.92 Å². The molecule has 1 aliphatic rings. The Kier molecular flexibility index (Phi) is 4.64. The van der Waals surface area contributed by atoms with E-state index in [0.717, 1.165) is 23.5 Å². The van der Waals surface area contributed by atoms with Gasteiger partial charge in [0.1, 0.15) is 11.5 Å². The molecular weight excluding hydrogens is 303 g/mol. The van der Waals surface area contributed by atoms with Crippen LogP contribution in [-0.2, 0) is 0 Å². The first kappa shape index (κ1) is 16.3. The van der Waals surface area contributed by atoms with Crippen molar-refractivity contribution in [3.05, 3.63) is 42.5 Å². The van der Waals surface area contributed by atoms with Gasteiger partial charge < -0.3 is 9.47 Å². The van der Waals surface area contributed by atoms with Gasteiger partial charge in [-0.15, -0.1) is 0 Å². The summed E-state index contributed by atoms with van der Waals surface area (Å²) in [6.45, 7) is 10.7. The lowest BCUT2D eigenvalue weighted by Gasteiger charge is -2.31. The van der Waals surface area contributed by atoms with Gasteiger partial charge in [-0.3, -0.25) is 0 Å². The zero-order valence-electron chi connectivity index (χ0n) is 14.4. The molecule has 2 nitrogen and oxygen atoms in total. The number of benzene rings is 2. The first-order valence-corrected chi connectivity index (χ1v) is 9.99. The average Bonchev–Trinajstić information content (AvgIpc) is 2.61. The first-order chi connectivity index (χ1) is 11.0. The molecule has 0 aromatic heterocycles. The Morgan fingerprint density at radius 1 is 0.870 bits per heavy atom. The minimum absolute atomic E-state index is 0.249. The van der Waals surface area contributed by atoms with Gasteiger partial charge in [-0.05, 0) is 29.3 Å². The van der Waals surface area contributed by atoms with Gasteiger partial charge in [-0.25, -0.2) is 0 Å². The quantitative estimate of drug-likeness (QED) is 0.682. The van der Waals surface area contributed by atoms with Crippen LogP contribution in [0.4, 0.5) is 0 Å². The summed E-state index contributed by atoms with van der Waals surface area (Å²) in [5.41, 5.74) is 2.37. The number of hydrogen-bond donors (Lipinski definition) is 0. The Bertz CT molecular complexity index is 688. The van der Waals surface area contributed by atoms with Crippen LogP contribution in [0, 0.1) is 0 Å². The van der Waals surface area contributed by atoms with Gasteiger partial charge in [0, 0.05) is 17.5 Å². The van der Waals surface area contributed by atoms with E-state index in [9.17, 15) is 0 Å². The van der Waals surface area contributed by atoms with Gasteiger partial charge in [-0.1, -0.05) is 59.0 Å². The number of para-hydroxylation sites is 1. The highest BCUT2D eigenvalue weighted by Crippen LogP contribution is 2.49. The summed E-state index contributed by atoms with van der Waals surface area (Å²) in [5.74, 6) is 1.95. The molecule has 0 amide bonds. The van der Waals surface area contributed by atoms with Crippen LogP contribution in [0.5, 0.6) is 11.5 Å². The summed E-state index contributed by atoms with van der Waals surface area (Å²) >= 11 is 0. The van der Waals surface area contributed by atoms with E-state index in [-0.39, 0.29) is 13.1 Å². The van der Waals surface area contributed by atoms with Crippen LogP contribution in [0.25, 0.3) is 11.1 Å². The van der Waals surface area contributed by atoms with Crippen molar-refractivity contribution in [1.82, 2.24) is 0 Å². The molecular formula is C20H25O2P. The first-order valence-electron chi connectivity index (χ1n) is 8.20. The highest BCUT2D eigenvalue weighted by Gasteiger charge is 2.27. The monoisotopic (exact) mass is 328 g/mol. The van der Waals surface area contributed by atoms with E-state index >= 15 is 0 Å². The second-order valence-corrected chi connectivity index (χ2v) is 9.87. The summed E-state index contributed by atoms with van der Waals surface area (Å²) in [6.07, 6.45) is 0.901. The van der Waals surface area contributed by atoms with Crippen LogP contribution < -0.4 is 14.8 Å². The molecule has 0 bridgehead atoms. The highest BCUT2D eigenvalue weighted by atomic mass is 31.1. The van der Waals surface area contributed by atoms with E-state index in [0.29, 0.717) is 13.2 Å². The fourth-order valence-electron chi connectivity index (χ4n) is 2.77. The van der Waals surface area contributed by atoms with Crippen LogP contribution in [0.3, 0.4) is 0 Å². The molecule has 0 spiro atoms. The molecule has 1 heterocycles. The maximum atomic E-state index is 6.10. The Morgan fingerprint density at radius 3 is 2.26 bits per heavy atom. The van der Waals surface area contributed by atoms with Crippen LogP contribution in [0.1, 0.15) is 27.2 Å². The molecule has 1 atom stereocenters. The molecule has 1 aliphatic heterocycles. The molecule has 3 heteroatoms. The lowest BCUT2D eigenvalue weighted by atomic mass is 10.0. The van der Waals surface area contributed by atoms with Crippen molar-refractivity contribution in [1.29, 1.82) is 0 Å². The van der Waals surface area contributed by atoms with Crippen molar-refractivity contribution in [3.8, 4) is 22.6 Å². The fourth-order valence-corrected chi connectivity index (χ4v) is 4.37. The molecule has 3 rings (SSSR count). The molecule has 0 saturated carbocycles. The predicted molar refractivity (Wildman–Crippen MR) is 99.7 cm³/mol. The number of rotatable bonds is 1. The lowest BCUT2D eigenvalue weighted by Crippen LogP contribution is -2.20. The van der Waals surface area contributed by atoms with Crippen molar-refractivity contribution in [2.75, 3.05) is 19.9 Å². The largest absolute Gasteiger partial charge is 0.493 e. The van der Waals surface area contributed by atoms with Gasteiger partial charge >= 0.3 is 0 Å². The minimum Gasteiger partial charge on any atom is -0.493 e. The third-order valence-electron chi connectivity index (χ3n) is 4.33. The summed E-state index contributed by atoms with van der Waals surface area (Å²) in [7, 11) is -0.321. The molecule has 2 aromatic rings. The Labute approximate surface area is 140 Å². The topological polar surface area (TPSA) is 18.5 Å². The normalized spacial score (nSPS) is 15.8. The summed E-state index contributed by atoms with van der Waals surface area (Å²) in [5, 5.41) is 1.64. The van der Waals surface area contributed by atoms with Gasteiger partial charge in [0.25, 0.3) is 0 Å².